The number of hydrogen-bond acceptors (Lipinski definition) is 6. The molecule has 2 aliphatic heterocycles. The molecule has 0 aliphatic carbocycles. The summed E-state index contributed by atoms with van der Waals surface area (Å²) in [6.45, 7) is 6.64. The molecular formula is C18H24N2O5. The van der Waals surface area contributed by atoms with Crippen LogP contribution in [0.2, 0.25) is 0 Å². The molecule has 7 nitrogen and oxygen atoms in total. The van der Waals surface area contributed by atoms with E-state index in [0.717, 1.165) is 24.3 Å². The molecule has 0 radical (unpaired) electrons. The number of amides is 1. The predicted molar refractivity (Wildman–Crippen MR) is 93.1 cm³/mol. The van der Waals surface area contributed by atoms with E-state index in [2.05, 4.69) is 4.90 Å². The third kappa shape index (κ3) is 2.93. The molecule has 1 fully saturated rings. The Kier molecular flexibility index (Phi) is 4.85. The average Bonchev–Trinajstić information content (AvgIpc) is 2.95. The molecule has 3 rings (SSSR count). The monoisotopic (exact) mass is 348 g/mol. The van der Waals surface area contributed by atoms with Gasteiger partial charge in [-0.25, -0.2) is 9.59 Å². The van der Waals surface area contributed by atoms with Crippen LogP contribution in [0.4, 0.5) is 16.2 Å². The third-order valence-electron chi connectivity index (χ3n) is 4.81. The summed E-state index contributed by atoms with van der Waals surface area (Å²) in [6, 6.07) is 5.77. The molecule has 1 aromatic carbocycles. The Hall–Kier alpha value is -2.28. The number of nitrogens with zero attached hydrogens (tertiary/aromatic N) is 2. The van der Waals surface area contributed by atoms with Crippen molar-refractivity contribution < 1.29 is 23.8 Å². The zero-order valence-electron chi connectivity index (χ0n) is 14.9. The Morgan fingerprint density at radius 1 is 1.24 bits per heavy atom. The van der Waals surface area contributed by atoms with Crippen molar-refractivity contribution in [1.82, 2.24) is 0 Å². The lowest BCUT2D eigenvalue weighted by molar-refractivity contribution is -0.148. The van der Waals surface area contributed by atoms with E-state index in [1.54, 1.807) is 13.8 Å². The van der Waals surface area contributed by atoms with Crippen LogP contribution >= 0.6 is 0 Å². The summed E-state index contributed by atoms with van der Waals surface area (Å²) in [7, 11) is 1.32. The Morgan fingerprint density at radius 3 is 2.56 bits per heavy atom. The standard InChI is InChI=1S/C18H24N2O5/c1-4-25-16(21)18(2)12-13-14(19-8-10-24-11-9-19)6-5-7-15(13)20(18)17(22)23-3/h5-7H,4,8-12H2,1-3H3. The van der Waals surface area contributed by atoms with E-state index in [9.17, 15) is 9.59 Å². The van der Waals surface area contributed by atoms with Crippen molar-refractivity contribution in [2.24, 2.45) is 0 Å². The van der Waals surface area contributed by atoms with E-state index in [0.29, 0.717) is 25.3 Å². The van der Waals surface area contributed by atoms with Crippen LogP contribution in [0.1, 0.15) is 19.4 Å². The van der Waals surface area contributed by atoms with E-state index >= 15 is 0 Å². The predicted octanol–water partition coefficient (Wildman–Crippen LogP) is 1.97. The highest BCUT2D eigenvalue weighted by Gasteiger charge is 2.51. The van der Waals surface area contributed by atoms with Gasteiger partial charge in [0.15, 0.2) is 0 Å². The molecular weight excluding hydrogens is 324 g/mol. The van der Waals surface area contributed by atoms with Crippen molar-refractivity contribution in [2.45, 2.75) is 25.8 Å². The molecule has 2 heterocycles. The van der Waals surface area contributed by atoms with Crippen LogP contribution in [0.3, 0.4) is 0 Å². The summed E-state index contributed by atoms with van der Waals surface area (Å²) in [4.78, 5) is 28.8. The number of hydrogen-bond donors (Lipinski definition) is 0. The van der Waals surface area contributed by atoms with Crippen molar-refractivity contribution in [2.75, 3.05) is 49.8 Å². The summed E-state index contributed by atoms with van der Waals surface area (Å²) in [6.07, 6.45) is -0.169. The second kappa shape index (κ2) is 6.92. The first-order valence-electron chi connectivity index (χ1n) is 8.53. The number of carbonyl (C=O) groups is 2. The second-order valence-electron chi connectivity index (χ2n) is 6.35. The fourth-order valence-electron chi connectivity index (χ4n) is 3.58. The van der Waals surface area contributed by atoms with Gasteiger partial charge in [0.2, 0.25) is 0 Å². The molecule has 0 saturated carbocycles. The number of carbonyl (C=O) groups excluding carboxylic acids is 2. The lowest BCUT2D eigenvalue weighted by atomic mass is 9.95. The number of methoxy groups -OCH3 is 1. The zero-order chi connectivity index (χ0) is 18.0. The molecule has 7 heteroatoms. The van der Waals surface area contributed by atoms with E-state index in [1.165, 1.54) is 12.0 Å². The van der Waals surface area contributed by atoms with Gasteiger partial charge in [0.1, 0.15) is 5.54 Å². The molecule has 1 amide bonds. The lowest BCUT2D eigenvalue weighted by Crippen LogP contribution is -2.54. The van der Waals surface area contributed by atoms with Gasteiger partial charge in [-0.1, -0.05) is 6.07 Å². The number of fused-ring (bicyclic) bond motifs is 1. The zero-order valence-corrected chi connectivity index (χ0v) is 14.9. The summed E-state index contributed by atoms with van der Waals surface area (Å²) >= 11 is 0. The largest absolute Gasteiger partial charge is 0.464 e. The van der Waals surface area contributed by atoms with Crippen molar-refractivity contribution in [3.63, 3.8) is 0 Å². The number of anilines is 2. The highest BCUT2D eigenvalue weighted by molar-refractivity contribution is 6.03. The number of morpholine rings is 1. The maximum absolute atomic E-state index is 12.6. The van der Waals surface area contributed by atoms with Gasteiger partial charge in [0, 0.05) is 30.8 Å². The van der Waals surface area contributed by atoms with Gasteiger partial charge < -0.3 is 19.1 Å². The van der Waals surface area contributed by atoms with E-state index in [1.807, 2.05) is 18.2 Å². The van der Waals surface area contributed by atoms with Gasteiger partial charge in [-0.3, -0.25) is 4.90 Å². The first-order chi connectivity index (χ1) is 12.0. The van der Waals surface area contributed by atoms with Crippen LogP contribution in [-0.2, 0) is 25.4 Å². The van der Waals surface area contributed by atoms with Crippen LogP contribution in [0, 0.1) is 0 Å². The Balaban J connectivity index is 2.05. The van der Waals surface area contributed by atoms with Gasteiger partial charge in [-0.05, 0) is 26.0 Å². The van der Waals surface area contributed by atoms with Gasteiger partial charge in [-0.2, -0.15) is 0 Å². The number of ether oxygens (including phenoxy) is 3. The van der Waals surface area contributed by atoms with Crippen LogP contribution in [0.15, 0.2) is 18.2 Å². The highest BCUT2D eigenvalue weighted by atomic mass is 16.6. The first-order valence-corrected chi connectivity index (χ1v) is 8.53. The molecule has 0 N–H and O–H groups in total. The molecule has 1 saturated heterocycles. The molecule has 1 aromatic rings. The van der Waals surface area contributed by atoms with Gasteiger partial charge in [0.25, 0.3) is 0 Å². The summed E-state index contributed by atoms with van der Waals surface area (Å²) in [5, 5.41) is 0. The summed E-state index contributed by atoms with van der Waals surface area (Å²) < 4.78 is 15.6. The van der Waals surface area contributed by atoms with Crippen LogP contribution in [0.5, 0.6) is 0 Å². The Labute approximate surface area is 147 Å². The Bertz CT molecular complexity index is 671. The van der Waals surface area contributed by atoms with Gasteiger partial charge >= 0.3 is 12.1 Å². The van der Waals surface area contributed by atoms with Crippen LogP contribution in [0.25, 0.3) is 0 Å². The number of esters is 1. The fraction of sp³-hybridized carbons (Fsp3) is 0.556. The second-order valence-corrected chi connectivity index (χ2v) is 6.35. The van der Waals surface area contributed by atoms with E-state index in [-0.39, 0.29) is 6.61 Å². The molecule has 25 heavy (non-hydrogen) atoms. The number of benzene rings is 1. The van der Waals surface area contributed by atoms with Crippen LogP contribution in [-0.4, -0.2) is 57.6 Å². The molecule has 136 valence electrons. The van der Waals surface area contributed by atoms with E-state index < -0.39 is 17.6 Å². The minimum Gasteiger partial charge on any atom is -0.464 e. The maximum atomic E-state index is 12.6. The smallest absolute Gasteiger partial charge is 0.415 e. The molecule has 1 atom stereocenters. The summed E-state index contributed by atoms with van der Waals surface area (Å²) in [5.41, 5.74) is 1.58. The topological polar surface area (TPSA) is 68.3 Å². The fourth-order valence-corrected chi connectivity index (χ4v) is 3.58. The van der Waals surface area contributed by atoms with Crippen molar-refractivity contribution >= 4 is 23.4 Å². The maximum Gasteiger partial charge on any atom is 0.415 e. The highest BCUT2D eigenvalue weighted by Crippen LogP contribution is 2.44. The van der Waals surface area contributed by atoms with Crippen LogP contribution < -0.4 is 9.80 Å². The molecule has 0 spiro atoms. The van der Waals surface area contributed by atoms with E-state index in [4.69, 9.17) is 14.2 Å². The molecule has 1 unspecified atom stereocenters. The minimum atomic E-state index is -1.12. The van der Waals surface area contributed by atoms with Crippen molar-refractivity contribution in [1.29, 1.82) is 0 Å². The lowest BCUT2D eigenvalue weighted by Gasteiger charge is -2.31. The summed E-state index contributed by atoms with van der Waals surface area (Å²) in [5.74, 6) is -0.426. The van der Waals surface area contributed by atoms with Gasteiger partial charge in [0.05, 0.1) is 32.6 Å². The first kappa shape index (κ1) is 17.5. The molecule has 0 aromatic heterocycles. The Morgan fingerprint density at radius 2 is 1.92 bits per heavy atom. The SMILES string of the molecule is CCOC(=O)C1(C)Cc2c(N3CCOCC3)cccc2N1C(=O)OC. The normalized spacial score (nSPS) is 22.5. The molecule has 0 bridgehead atoms. The molecule has 2 aliphatic rings. The van der Waals surface area contributed by atoms with Crippen molar-refractivity contribution in [3.8, 4) is 0 Å². The quantitative estimate of drug-likeness (QED) is 0.778. The third-order valence-corrected chi connectivity index (χ3v) is 4.81. The van der Waals surface area contributed by atoms with Crippen molar-refractivity contribution in [3.05, 3.63) is 23.8 Å². The van der Waals surface area contributed by atoms with Gasteiger partial charge in [-0.15, -0.1) is 0 Å². The minimum absolute atomic E-state index is 0.260. The average molecular weight is 348 g/mol. The number of rotatable bonds is 3.